The Bertz CT molecular complexity index is 1130. The minimum atomic E-state index is -1.13. The molecule has 2 aromatic carbocycles. The zero-order valence-corrected chi connectivity index (χ0v) is 20.1. The van der Waals surface area contributed by atoms with Crippen molar-refractivity contribution in [1.82, 2.24) is 10.2 Å². The lowest BCUT2D eigenvalue weighted by Gasteiger charge is -2.36. The molecule has 0 radical (unpaired) electrons. The van der Waals surface area contributed by atoms with Crippen LogP contribution in [0, 0.1) is 11.8 Å². The zero-order chi connectivity index (χ0) is 24.7. The topological polar surface area (TPSA) is 108 Å². The summed E-state index contributed by atoms with van der Waals surface area (Å²) >= 11 is 5.99. The van der Waals surface area contributed by atoms with E-state index in [-0.39, 0.29) is 18.4 Å². The number of aliphatic hydroxyl groups is 1. The Morgan fingerprint density at radius 1 is 1.17 bits per heavy atom. The molecule has 5 rings (SSSR count). The third-order valence-electron chi connectivity index (χ3n) is 7.57. The van der Waals surface area contributed by atoms with Gasteiger partial charge < -0.3 is 25.4 Å². The lowest BCUT2D eigenvalue weighted by molar-refractivity contribution is -0.143. The second-order valence-corrected chi connectivity index (χ2v) is 9.87. The number of nitrogens with zero attached hydrogens (tertiary/aromatic N) is 1. The van der Waals surface area contributed by atoms with Crippen LogP contribution in [0.25, 0.3) is 0 Å². The highest BCUT2D eigenvalue weighted by atomic mass is 35.5. The molecule has 1 spiro atoms. The number of halogens is 1. The fourth-order valence-electron chi connectivity index (χ4n) is 6.13. The van der Waals surface area contributed by atoms with Crippen molar-refractivity contribution in [3.63, 3.8) is 0 Å². The Morgan fingerprint density at radius 2 is 1.89 bits per heavy atom. The van der Waals surface area contributed by atoms with Gasteiger partial charge in [-0.05, 0) is 49.1 Å². The number of hydrogen-bond donors (Lipinski definition) is 3. The van der Waals surface area contributed by atoms with Gasteiger partial charge in [-0.2, -0.15) is 0 Å². The molecule has 3 aliphatic rings. The third kappa shape index (κ3) is 3.90. The summed E-state index contributed by atoms with van der Waals surface area (Å²) in [7, 11) is 1.54. The van der Waals surface area contributed by atoms with Gasteiger partial charge >= 0.3 is 0 Å². The number of carbonyl (C=O) groups excluding carboxylic acids is 3. The quantitative estimate of drug-likeness (QED) is 0.542. The number of benzene rings is 2. The molecule has 3 fully saturated rings. The average Bonchev–Trinajstić information content (AvgIpc) is 3.51. The van der Waals surface area contributed by atoms with Crippen LogP contribution in [0.3, 0.4) is 0 Å². The van der Waals surface area contributed by atoms with Crippen LogP contribution in [-0.4, -0.2) is 65.2 Å². The SMILES string of the molecule is CNC(=O)[C@@H]1[C@@H]2CCC3(O2)C(C(=O)Nc2ccc(Cl)cc2)N([C@@H](CO)Cc2ccccc2)C(=O)[C@H]13. The average molecular weight is 498 g/mol. The number of nitrogens with one attached hydrogen (secondary N) is 2. The Morgan fingerprint density at radius 3 is 2.54 bits per heavy atom. The van der Waals surface area contributed by atoms with Crippen LogP contribution in [0.1, 0.15) is 18.4 Å². The Balaban J connectivity index is 1.54. The minimum Gasteiger partial charge on any atom is -0.394 e. The monoisotopic (exact) mass is 497 g/mol. The van der Waals surface area contributed by atoms with Crippen molar-refractivity contribution in [1.29, 1.82) is 0 Å². The molecule has 3 amide bonds. The van der Waals surface area contributed by atoms with Crippen LogP contribution in [-0.2, 0) is 25.5 Å². The summed E-state index contributed by atoms with van der Waals surface area (Å²) in [6.45, 7) is -0.331. The van der Waals surface area contributed by atoms with Gasteiger partial charge in [0.2, 0.25) is 17.7 Å². The number of anilines is 1. The van der Waals surface area contributed by atoms with E-state index in [0.29, 0.717) is 30.0 Å². The number of hydrogen-bond acceptors (Lipinski definition) is 5. The summed E-state index contributed by atoms with van der Waals surface area (Å²) in [5, 5.41) is 16.5. The van der Waals surface area contributed by atoms with E-state index in [1.54, 1.807) is 24.3 Å². The lowest BCUT2D eigenvalue weighted by Crippen LogP contribution is -2.56. The van der Waals surface area contributed by atoms with Gasteiger partial charge in [-0.25, -0.2) is 0 Å². The molecule has 6 atom stereocenters. The largest absolute Gasteiger partial charge is 0.394 e. The number of likely N-dealkylation sites (tertiary alicyclic amines) is 1. The second kappa shape index (κ2) is 9.26. The molecule has 9 heteroatoms. The first-order chi connectivity index (χ1) is 16.9. The van der Waals surface area contributed by atoms with Crippen molar-refractivity contribution in [3.05, 3.63) is 65.2 Å². The smallest absolute Gasteiger partial charge is 0.250 e. The van der Waals surface area contributed by atoms with E-state index in [4.69, 9.17) is 16.3 Å². The highest BCUT2D eigenvalue weighted by Gasteiger charge is 2.75. The van der Waals surface area contributed by atoms with Crippen LogP contribution in [0.15, 0.2) is 54.6 Å². The molecule has 3 saturated heterocycles. The highest BCUT2D eigenvalue weighted by Crippen LogP contribution is 2.58. The summed E-state index contributed by atoms with van der Waals surface area (Å²) < 4.78 is 6.37. The standard InChI is InChI=1S/C26H28ClN3O5/c1-28-23(32)20-19-11-12-26(35-19)21(20)25(34)30(18(14-31)13-15-5-3-2-4-6-15)22(26)24(33)29-17-9-7-16(27)8-10-17/h2-10,18-22,31H,11-14H2,1H3,(H,28,32)(H,29,33)/t18-,19+,20-,21+,22?,26?/m1/s1. The third-order valence-corrected chi connectivity index (χ3v) is 7.82. The Kier molecular flexibility index (Phi) is 6.29. The number of carbonyl (C=O) groups is 3. The van der Waals surface area contributed by atoms with Crippen LogP contribution < -0.4 is 10.6 Å². The van der Waals surface area contributed by atoms with E-state index in [1.807, 2.05) is 30.3 Å². The van der Waals surface area contributed by atoms with Crippen molar-refractivity contribution >= 4 is 35.0 Å². The number of amides is 3. The first kappa shape index (κ1) is 23.8. The van der Waals surface area contributed by atoms with Gasteiger partial charge in [-0.3, -0.25) is 14.4 Å². The van der Waals surface area contributed by atoms with Crippen molar-refractivity contribution in [2.45, 2.75) is 43.1 Å². The normalized spacial score (nSPS) is 29.7. The fraction of sp³-hybridized carbons (Fsp3) is 0.423. The summed E-state index contributed by atoms with van der Waals surface area (Å²) in [6, 6.07) is 14.6. The summed E-state index contributed by atoms with van der Waals surface area (Å²) in [6.07, 6.45) is 1.02. The van der Waals surface area contributed by atoms with Gasteiger partial charge in [0.15, 0.2) is 0 Å². The summed E-state index contributed by atoms with van der Waals surface area (Å²) in [4.78, 5) is 42.0. The Hall–Kier alpha value is -2.94. The number of aliphatic hydroxyl groups excluding tert-OH is 1. The molecule has 184 valence electrons. The van der Waals surface area contributed by atoms with E-state index in [0.717, 1.165) is 5.56 Å². The van der Waals surface area contributed by atoms with Crippen LogP contribution in [0.2, 0.25) is 5.02 Å². The highest BCUT2D eigenvalue weighted by molar-refractivity contribution is 6.30. The summed E-state index contributed by atoms with van der Waals surface area (Å²) in [5.74, 6) is -2.46. The molecular weight excluding hydrogens is 470 g/mol. The number of fused-ring (bicyclic) bond motifs is 1. The summed E-state index contributed by atoms with van der Waals surface area (Å²) in [5.41, 5.74) is 0.337. The molecule has 3 heterocycles. The predicted molar refractivity (Wildman–Crippen MR) is 130 cm³/mol. The Labute approximate surface area is 208 Å². The zero-order valence-electron chi connectivity index (χ0n) is 19.3. The maximum Gasteiger partial charge on any atom is 0.250 e. The molecule has 2 unspecified atom stereocenters. The van der Waals surface area contributed by atoms with Crippen molar-refractivity contribution in [2.75, 3.05) is 19.0 Å². The maximum absolute atomic E-state index is 14.0. The number of rotatable bonds is 7. The van der Waals surface area contributed by atoms with E-state index < -0.39 is 41.5 Å². The molecule has 0 saturated carbocycles. The van der Waals surface area contributed by atoms with Gasteiger partial charge in [0.05, 0.1) is 30.6 Å². The number of ether oxygens (including phenoxy) is 1. The molecule has 8 nitrogen and oxygen atoms in total. The van der Waals surface area contributed by atoms with Crippen LogP contribution in [0.4, 0.5) is 5.69 Å². The van der Waals surface area contributed by atoms with Crippen molar-refractivity contribution < 1.29 is 24.2 Å². The molecule has 3 N–H and O–H groups in total. The maximum atomic E-state index is 14.0. The molecule has 3 aliphatic heterocycles. The molecule has 2 bridgehead atoms. The molecule has 2 aromatic rings. The van der Waals surface area contributed by atoms with Crippen molar-refractivity contribution in [2.24, 2.45) is 11.8 Å². The van der Waals surface area contributed by atoms with Gasteiger partial charge in [0.25, 0.3) is 0 Å². The van der Waals surface area contributed by atoms with Gasteiger partial charge in [-0.1, -0.05) is 41.9 Å². The fourth-order valence-corrected chi connectivity index (χ4v) is 6.26. The molecule has 0 aromatic heterocycles. The van der Waals surface area contributed by atoms with E-state index in [2.05, 4.69) is 10.6 Å². The van der Waals surface area contributed by atoms with E-state index in [1.165, 1.54) is 11.9 Å². The van der Waals surface area contributed by atoms with Crippen LogP contribution >= 0.6 is 11.6 Å². The lowest BCUT2D eigenvalue weighted by atomic mass is 9.70. The minimum absolute atomic E-state index is 0.266. The molecule has 0 aliphatic carbocycles. The van der Waals surface area contributed by atoms with Crippen molar-refractivity contribution in [3.8, 4) is 0 Å². The first-order valence-electron chi connectivity index (χ1n) is 11.8. The van der Waals surface area contributed by atoms with E-state index >= 15 is 0 Å². The molecular formula is C26H28ClN3O5. The molecule has 35 heavy (non-hydrogen) atoms. The van der Waals surface area contributed by atoms with Crippen LogP contribution in [0.5, 0.6) is 0 Å². The second-order valence-electron chi connectivity index (χ2n) is 9.44. The predicted octanol–water partition coefficient (Wildman–Crippen LogP) is 2.00. The van der Waals surface area contributed by atoms with Gasteiger partial charge in [0, 0.05) is 17.8 Å². The van der Waals surface area contributed by atoms with E-state index in [9.17, 15) is 19.5 Å². The van der Waals surface area contributed by atoms with Gasteiger partial charge in [0.1, 0.15) is 11.6 Å². The van der Waals surface area contributed by atoms with Gasteiger partial charge in [-0.15, -0.1) is 0 Å². The first-order valence-corrected chi connectivity index (χ1v) is 12.2.